The van der Waals surface area contributed by atoms with Gasteiger partial charge in [0, 0.05) is 13.5 Å². The second-order valence-electron chi connectivity index (χ2n) is 6.52. The summed E-state index contributed by atoms with van der Waals surface area (Å²) in [7, 11) is 1.62. The normalized spacial score (nSPS) is 22.4. The van der Waals surface area contributed by atoms with E-state index in [-0.39, 0.29) is 17.9 Å². The van der Waals surface area contributed by atoms with Gasteiger partial charge in [0.15, 0.2) is 17.3 Å². The van der Waals surface area contributed by atoms with Crippen molar-refractivity contribution in [2.45, 2.75) is 32.2 Å². The summed E-state index contributed by atoms with van der Waals surface area (Å²) in [6.07, 6.45) is 2.46. The molecule has 1 amide bonds. The molecule has 2 atom stereocenters. The molecule has 1 aromatic heterocycles. The average Bonchev–Trinajstić information content (AvgIpc) is 3.28. The van der Waals surface area contributed by atoms with Crippen LogP contribution in [-0.4, -0.2) is 41.2 Å². The molecule has 4 rings (SSSR count). The number of rotatable bonds is 3. The van der Waals surface area contributed by atoms with E-state index in [1.165, 1.54) is 0 Å². The van der Waals surface area contributed by atoms with Crippen molar-refractivity contribution in [3.05, 3.63) is 35.5 Å². The van der Waals surface area contributed by atoms with Crippen molar-refractivity contribution in [2.24, 2.45) is 5.92 Å². The molecule has 0 aliphatic carbocycles. The van der Waals surface area contributed by atoms with Crippen LogP contribution < -0.4 is 9.47 Å². The number of ether oxygens (including phenoxy) is 2. The molecule has 2 aliphatic heterocycles. The van der Waals surface area contributed by atoms with E-state index in [2.05, 4.69) is 10.1 Å². The number of benzene rings is 1. The van der Waals surface area contributed by atoms with E-state index in [9.17, 15) is 4.79 Å². The molecule has 0 spiro atoms. The first-order chi connectivity index (χ1) is 12.2. The Hall–Kier alpha value is -2.57. The molecule has 3 heterocycles. The zero-order valence-electron chi connectivity index (χ0n) is 14.4. The fourth-order valence-corrected chi connectivity index (χ4v) is 3.70. The molecule has 25 heavy (non-hydrogen) atoms. The van der Waals surface area contributed by atoms with Crippen LogP contribution in [0.15, 0.2) is 22.7 Å². The minimum atomic E-state index is -0.201. The summed E-state index contributed by atoms with van der Waals surface area (Å²) < 4.78 is 16.3. The Kier molecular flexibility index (Phi) is 4.07. The van der Waals surface area contributed by atoms with Gasteiger partial charge in [-0.2, -0.15) is 4.98 Å². The van der Waals surface area contributed by atoms with E-state index in [0.717, 1.165) is 30.7 Å². The van der Waals surface area contributed by atoms with Crippen molar-refractivity contribution in [2.75, 3.05) is 20.3 Å². The molecule has 0 saturated carbocycles. The average molecular weight is 343 g/mol. The minimum Gasteiger partial charge on any atom is -0.493 e. The van der Waals surface area contributed by atoms with Gasteiger partial charge in [0.05, 0.1) is 19.1 Å². The molecule has 1 aromatic carbocycles. The van der Waals surface area contributed by atoms with Crippen molar-refractivity contribution in [3.8, 4) is 11.5 Å². The number of methoxy groups -OCH3 is 1. The van der Waals surface area contributed by atoms with Crippen molar-refractivity contribution < 1.29 is 18.8 Å². The largest absolute Gasteiger partial charge is 0.493 e. The zero-order chi connectivity index (χ0) is 17.4. The second-order valence-corrected chi connectivity index (χ2v) is 6.52. The molecule has 7 nitrogen and oxygen atoms in total. The van der Waals surface area contributed by atoms with Crippen LogP contribution in [0.4, 0.5) is 0 Å². The smallest absolute Gasteiger partial charge is 0.230 e. The number of aryl methyl sites for hydroxylation is 1. The van der Waals surface area contributed by atoms with Gasteiger partial charge in [-0.1, -0.05) is 17.3 Å². The lowest BCUT2D eigenvalue weighted by atomic mass is 9.95. The third-order valence-electron chi connectivity index (χ3n) is 4.90. The summed E-state index contributed by atoms with van der Waals surface area (Å²) in [6.45, 7) is 2.84. The van der Waals surface area contributed by atoms with Gasteiger partial charge in [-0.05, 0) is 30.9 Å². The third-order valence-corrected chi connectivity index (χ3v) is 4.90. The maximum absolute atomic E-state index is 13.1. The first-order valence-corrected chi connectivity index (χ1v) is 8.56. The highest BCUT2D eigenvalue weighted by Gasteiger charge is 2.38. The standard InChI is InChI=1S/C18H21N3O4/c1-11-19-17(20-25-11)14-6-4-8-21(14)18(22)13-9-12-5-3-7-15(23-2)16(12)24-10-13/h3,5,7,13-14H,4,6,8-10H2,1-2H3. The third kappa shape index (κ3) is 2.83. The van der Waals surface area contributed by atoms with Crippen molar-refractivity contribution in [3.63, 3.8) is 0 Å². The molecular weight excluding hydrogens is 322 g/mol. The summed E-state index contributed by atoms with van der Waals surface area (Å²) in [5.41, 5.74) is 1.01. The second kappa shape index (κ2) is 6.38. The summed E-state index contributed by atoms with van der Waals surface area (Å²) >= 11 is 0. The van der Waals surface area contributed by atoms with Crippen LogP contribution >= 0.6 is 0 Å². The van der Waals surface area contributed by atoms with Crippen LogP contribution in [0, 0.1) is 12.8 Å². The Bertz CT molecular complexity index is 788. The van der Waals surface area contributed by atoms with Crippen molar-refractivity contribution in [1.82, 2.24) is 15.0 Å². The van der Waals surface area contributed by atoms with Gasteiger partial charge in [0.1, 0.15) is 6.61 Å². The number of carbonyl (C=O) groups is 1. The van der Waals surface area contributed by atoms with E-state index >= 15 is 0 Å². The van der Waals surface area contributed by atoms with Crippen LogP contribution in [-0.2, 0) is 11.2 Å². The molecule has 0 bridgehead atoms. The van der Waals surface area contributed by atoms with Crippen LogP contribution in [0.3, 0.4) is 0 Å². The first-order valence-electron chi connectivity index (χ1n) is 8.56. The highest BCUT2D eigenvalue weighted by Crippen LogP contribution is 2.38. The number of hydrogen-bond donors (Lipinski definition) is 0. The van der Waals surface area contributed by atoms with E-state index in [1.807, 2.05) is 23.1 Å². The summed E-state index contributed by atoms with van der Waals surface area (Å²) in [5.74, 6) is 2.48. The molecule has 1 saturated heterocycles. The Morgan fingerprint density at radius 1 is 1.40 bits per heavy atom. The van der Waals surface area contributed by atoms with Crippen LogP contribution in [0.5, 0.6) is 11.5 Å². The van der Waals surface area contributed by atoms with Crippen LogP contribution in [0.25, 0.3) is 0 Å². The molecule has 0 radical (unpaired) electrons. The minimum absolute atomic E-state index is 0.0958. The maximum atomic E-state index is 13.1. The van der Waals surface area contributed by atoms with E-state index in [4.69, 9.17) is 14.0 Å². The molecule has 2 aliphatic rings. The maximum Gasteiger partial charge on any atom is 0.230 e. The number of aromatic nitrogens is 2. The van der Waals surface area contributed by atoms with E-state index < -0.39 is 0 Å². The summed E-state index contributed by atoms with van der Waals surface area (Å²) in [4.78, 5) is 19.3. The van der Waals surface area contributed by atoms with E-state index in [0.29, 0.717) is 30.5 Å². The van der Waals surface area contributed by atoms with Crippen molar-refractivity contribution >= 4 is 5.91 Å². The number of hydrogen-bond acceptors (Lipinski definition) is 6. The molecule has 0 N–H and O–H groups in total. The molecule has 132 valence electrons. The lowest BCUT2D eigenvalue weighted by Crippen LogP contribution is -2.40. The lowest BCUT2D eigenvalue weighted by Gasteiger charge is -2.31. The van der Waals surface area contributed by atoms with Crippen LogP contribution in [0.1, 0.15) is 36.2 Å². The zero-order valence-corrected chi connectivity index (χ0v) is 14.4. The SMILES string of the molecule is COc1cccc2c1OCC(C(=O)N1CCCC1c1noc(C)n1)C2. The number of amides is 1. The predicted molar refractivity (Wildman–Crippen MR) is 88.4 cm³/mol. The van der Waals surface area contributed by atoms with E-state index in [1.54, 1.807) is 14.0 Å². The quantitative estimate of drug-likeness (QED) is 0.851. The van der Waals surface area contributed by atoms with Crippen LogP contribution in [0.2, 0.25) is 0 Å². The van der Waals surface area contributed by atoms with Gasteiger partial charge < -0.3 is 18.9 Å². The number of nitrogens with zero attached hydrogens (tertiary/aromatic N) is 3. The van der Waals surface area contributed by atoms with Crippen molar-refractivity contribution in [1.29, 1.82) is 0 Å². The van der Waals surface area contributed by atoms with Gasteiger partial charge in [0.2, 0.25) is 11.8 Å². The van der Waals surface area contributed by atoms with Gasteiger partial charge in [-0.25, -0.2) is 0 Å². The lowest BCUT2D eigenvalue weighted by molar-refractivity contribution is -0.138. The number of carbonyl (C=O) groups excluding carboxylic acids is 1. The number of para-hydroxylation sites is 1. The fraction of sp³-hybridized carbons (Fsp3) is 0.500. The van der Waals surface area contributed by atoms with Gasteiger partial charge >= 0.3 is 0 Å². The van der Waals surface area contributed by atoms with Gasteiger partial charge in [-0.3, -0.25) is 4.79 Å². The number of likely N-dealkylation sites (tertiary alicyclic amines) is 1. The molecular formula is C18H21N3O4. The Morgan fingerprint density at radius 3 is 3.04 bits per heavy atom. The van der Waals surface area contributed by atoms with Gasteiger partial charge in [0.25, 0.3) is 0 Å². The molecule has 2 aromatic rings. The summed E-state index contributed by atoms with van der Waals surface area (Å²) in [6, 6.07) is 5.68. The Balaban J connectivity index is 1.53. The predicted octanol–water partition coefficient (Wildman–Crippen LogP) is 2.30. The Labute approximate surface area is 145 Å². The summed E-state index contributed by atoms with van der Waals surface area (Å²) in [5, 5.41) is 4.01. The Morgan fingerprint density at radius 2 is 2.28 bits per heavy atom. The highest BCUT2D eigenvalue weighted by atomic mass is 16.5. The fourth-order valence-electron chi connectivity index (χ4n) is 3.70. The molecule has 2 unspecified atom stereocenters. The monoisotopic (exact) mass is 343 g/mol. The molecule has 7 heteroatoms. The van der Waals surface area contributed by atoms with Gasteiger partial charge in [-0.15, -0.1) is 0 Å². The topological polar surface area (TPSA) is 77.7 Å². The molecule has 1 fully saturated rings. The first kappa shape index (κ1) is 15.9. The number of fused-ring (bicyclic) bond motifs is 1. The highest BCUT2D eigenvalue weighted by molar-refractivity contribution is 5.80.